The number of fused-ring (bicyclic) bond motifs is 1. The lowest BCUT2D eigenvalue weighted by atomic mass is 10.4. The van der Waals surface area contributed by atoms with Crippen molar-refractivity contribution in [1.82, 2.24) is 24.7 Å². The summed E-state index contributed by atoms with van der Waals surface area (Å²) in [5.41, 5.74) is 2.11. The predicted molar refractivity (Wildman–Crippen MR) is 71.9 cm³/mol. The summed E-state index contributed by atoms with van der Waals surface area (Å²) in [5, 5.41) is 3.91. The smallest absolute Gasteiger partial charge is 0.245 e. The Kier molecular flexibility index (Phi) is 3.51. The van der Waals surface area contributed by atoms with E-state index < -0.39 is 0 Å². The lowest BCUT2D eigenvalue weighted by molar-refractivity contribution is 0.401. The van der Waals surface area contributed by atoms with Gasteiger partial charge in [-0.25, -0.2) is 9.97 Å². The molecule has 0 fully saturated rings. The van der Waals surface area contributed by atoms with Crippen LogP contribution in [-0.2, 0) is 13.0 Å². The van der Waals surface area contributed by atoms with E-state index in [4.69, 9.17) is 20.9 Å². The molecular weight excluding hydrogens is 282 g/mol. The van der Waals surface area contributed by atoms with Gasteiger partial charge in [0.05, 0.1) is 13.7 Å². The zero-order valence-corrected chi connectivity index (χ0v) is 11.5. The summed E-state index contributed by atoms with van der Waals surface area (Å²) in [6, 6.07) is 1.80. The number of halogens is 1. The number of hydrogen-bond donors (Lipinski definition) is 0. The molecule has 3 aromatic rings. The van der Waals surface area contributed by atoms with Gasteiger partial charge < -0.3 is 13.8 Å². The van der Waals surface area contributed by atoms with E-state index in [9.17, 15) is 0 Å². The van der Waals surface area contributed by atoms with Gasteiger partial charge in [0.2, 0.25) is 5.88 Å². The summed E-state index contributed by atoms with van der Waals surface area (Å²) < 4.78 is 12.0. The molecule has 0 N–H and O–H groups in total. The van der Waals surface area contributed by atoms with E-state index in [0.717, 1.165) is 11.5 Å². The summed E-state index contributed by atoms with van der Waals surface area (Å²) in [6.45, 7) is 0.513. The fourth-order valence-electron chi connectivity index (χ4n) is 2.03. The molecular formula is C12H12ClN5O2. The van der Waals surface area contributed by atoms with Gasteiger partial charge in [0.1, 0.15) is 24.1 Å². The third-order valence-electron chi connectivity index (χ3n) is 2.90. The molecule has 0 aliphatic heterocycles. The normalized spacial score (nSPS) is 11.1. The molecule has 0 aliphatic rings. The van der Waals surface area contributed by atoms with Gasteiger partial charge in [0.15, 0.2) is 11.2 Å². The van der Waals surface area contributed by atoms with E-state index in [2.05, 4.69) is 20.1 Å². The highest BCUT2D eigenvalue weighted by atomic mass is 35.5. The second-order valence-corrected chi connectivity index (χ2v) is 4.48. The van der Waals surface area contributed by atoms with Crippen LogP contribution in [0.2, 0.25) is 0 Å². The summed E-state index contributed by atoms with van der Waals surface area (Å²) in [4.78, 5) is 12.9. The van der Waals surface area contributed by atoms with Crippen molar-refractivity contribution in [3.8, 4) is 5.88 Å². The van der Waals surface area contributed by atoms with Crippen molar-refractivity contribution in [3.63, 3.8) is 0 Å². The molecule has 0 radical (unpaired) electrons. The highest BCUT2D eigenvalue weighted by Crippen LogP contribution is 2.22. The summed E-state index contributed by atoms with van der Waals surface area (Å²) in [7, 11) is 1.56. The van der Waals surface area contributed by atoms with E-state index in [1.807, 2.05) is 4.57 Å². The minimum absolute atomic E-state index is 0.449. The average molecular weight is 294 g/mol. The Bertz CT molecular complexity index is 710. The Balaban J connectivity index is 2.13. The predicted octanol–water partition coefficient (Wildman–Crippen LogP) is 1.65. The molecule has 0 bridgehead atoms. The Hall–Kier alpha value is -2.15. The standard InChI is InChI=1S/C12H12ClN5O2/c1-19-12-10-11(14-7-15-12)18(9(16-10)2-4-13)6-8-3-5-20-17-8/h3,5,7H,2,4,6H2,1H3. The van der Waals surface area contributed by atoms with Crippen LogP contribution in [0, 0.1) is 0 Å². The fourth-order valence-corrected chi connectivity index (χ4v) is 2.20. The van der Waals surface area contributed by atoms with Crippen LogP contribution < -0.4 is 4.74 Å². The van der Waals surface area contributed by atoms with E-state index in [-0.39, 0.29) is 0 Å². The maximum Gasteiger partial charge on any atom is 0.245 e. The zero-order chi connectivity index (χ0) is 13.9. The van der Waals surface area contributed by atoms with Gasteiger partial charge >= 0.3 is 0 Å². The van der Waals surface area contributed by atoms with Gasteiger partial charge in [0, 0.05) is 18.4 Å². The average Bonchev–Trinajstić information content (AvgIpc) is 3.08. The van der Waals surface area contributed by atoms with Crippen molar-refractivity contribution in [2.75, 3.05) is 13.0 Å². The minimum Gasteiger partial charge on any atom is -0.479 e. The number of aromatic nitrogens is 5. The monoisotopic (exact) mass is 293 g/mol. The second kappa shape index (κ2) is 5.46. The first-order chi connectivity index (χ1) is 9.83. The van der Waals surface area contributed by atoms with Crippen molar-refractivity contribution >= 4 is 22.8 Å². The molecule has 7 nitrogen and oxygen atoms in total. The van der Waals surface area contributed by atoms with Crippen molar-refractivity contribution in [3.05, 3.63) is 30.2 Å². The number of rotatable bonds is 5. The van der Waals surface area contributed by atoms with Crippen LogP contribution in [0.4, 0.5) is 0 Å². The molecule has 0 spiro atoms. The number of hydrogen-bond acceptors (Lipinski definition) is 6. The highest BCUT2D eigenvalue weighted by Gasteiger charge is 2.16. The fraction of sp³-hybridized carbons (Fsp3) is 0.333. The molecule has 0 aromatic carbocycles. The van der Waals surface area contributed by atoms with Crippen LogP contribution in [0.1, 0.15) is 11.5 Å². The van der Waals surface area contributed by atoms with E-state index in [1.54, 1.807) is 13.2 Å². The number of nitrogens with zero attached hydrogens (tertiary/aromatic N) is 5. The van der Waals surface area contributed by atoms with Gasteiger partial charge in [-0.2, -0.15) is 4.98 Å². The first-order valence-corrected chi connectivity index (χ1v) is 6.56. The highest BCUT2D eigenvalue weighted by molar-refractivity contribution is 6.17. The molecule has 3 rings (SSSR count). The maximum atomic E-state index is 5.84. The third kappa shape index (κ3) is 2.20. The molecule has 0 amide bonds. The Morgan fingerprint density at radius 1 is 1.40 bits per heavy atom. The number of imidazole rings is 1. The molecule has 0 aliphatic carbocycles. The lowest BCUT2D eigenvalue weighted by Gasteiger charge is -2.05. The quantitative estimate of drug-likeness (QED) is 0.666. The van der Waals surface area contributed by atoms with Crippen molar-refractivity contribution in [2.24, 2.45) is 0 Å². The molecule has 0 unspecified atom stereocenters. The molecule has 0 saturated heterocycles. The van der Waals surface area contributed by atoms with E-state index in [1.165, 1.54) is 12.6 Å². The molecule has 0 saturated carbocycles. The van der Waals surface area contributed by atoms with Gasteiger partial charge in [0.25, 0.3) is 0 Å². The second-order valence-electron chi connectivity index (χ2n) is 4.10. The van der Waals surface area contributed by atoms with Crippen LogP contribution in [0.15, 0.2) is 23.2 Å². The number of ether oxygens (including phenoxy) is 1. The van der Waals surface area contributed by atoms with Crippen molar-refractivity contribution in [1.29, 1.82) is 0 Å². The molecule has 8 heteroatoms. The Morgan fingerprint density at radius 3 is 3.00 bits per heavy atom. The Morgan fingerprint density at radius 2 is 2.30 bits per heavy atom. The first-order valence-electron chi connectivity index (χ1n) is 6.02. The molecule has 3 aromatic heterocycles. The van der Waals surface area contributed by atoms with Gasteiger partial charge in [-0.3, -0.25) is 0 Å². The Labute approximate surface area is 119 Å². The van der Waals surface area contributed by atoms with Crippen molar-refractivity contribution < 1.29 is 9.26 Å². The molecule has 0 atom stereocenters. The van der Waals surface area contributed by atoms with Crippen LogP contribution in [0.3, 0.4) is 0 Å². The van der Waals surface area contributed by atoms with E-state index >= 15 is 0 Å². The molecule has 3 heterocycles. The zero-order valence-electron chi connectivity index (χ0n) is 10.8. The minimum atomic E-state index is 0.449. The van der Waals surface area contributed by atoms with Gasteiger partial charge in [-0.15, -0.1) is 11.6 Å². The third-order valence-corrected chi connectivity index (χ3v) is 3.09. The molecule has 104 valence electrons. The first kappa shape index (κ1) is 12.9. The lowest BCUT2D eigenvalue weighted by Crippen LogP contribution is -2.07. The summed E-state index contributed by atoms with van der Waals surface area (Å²) in [5.74, 6) is 1.74. The SMILES string of the molecule is COc1ncnc2c1nc(CCCl)n2Cc1ccon1. The van der Waals surface area contributed by atoms with Crippen LogP contribution in [0.25, 0.3) is 11.2 Å². The summed E-state index contributed by atoms with van der Waals surface area (Å²) in [6.07, 6.45) is 3.61. The summed E-state index contributed by atoms with van der Waals surface area (Å²) >= 11 is 5.84. The molecule has 20 heavy (non-hydrogen) atoms. The van der Waals surface area contributed by atoms with Crippen LogP contribution >= 0.6 is 11.6 Å². The van der Waals surface area contributed by atoms with Gasteiger partial charge in [-0.05, 0) is 0 Å². The van der Waals surface area contributed by atoms with Gasteiger partial charge in [-0.1, -0.05) is 5.16 Å². The largest absolute Gasteiger partial charge is 0.479 e. The van der Waals surface area contributed by atoms with E-state index in [0.29, 0.717) is 35.9 Å². The van der Waals surface area contributed by atoms with Crippen LogP contribution in [-0.4, -0.2) is 37.7 Å². The van der Waals surface area contributed by atoms with Crippen molar-refractivity contribution in [2.45, 2.75) is 13.0 Å². The number of aryl methyl sites for hydroxylation is 1. The number of methoxy groups -OCH3 is 1. The number of alkyl halides is 1. The topological polar surface area (TPSA) is 78.9 Å². The maximum absolute atomic E-state index is 5.84. The van der Waals surface area contributed by atoms with Crippen LogP contribution in [0.5, 0.6) is 5.88 Å².